The van der Waals surface area contributed by atoms with Crippen molar-refractivity contribution in [2.75, 3.05) is 11.9 Å². The molecular formula is C26H29FN4O4. The first kappa shape index (κ1) is 22.3. The van der Waals surface area contributed by atoms with Gasteiger partial charge in [-0.1, -0.05) is 0 Å². The molecule has 184 valence electrons. The molecule has 1 aliphatic heterocycles. The molecule has 8 nitrogen and oxygen atoms in total. The highest BCUT2D eigenvalue weighted by Gasteiger charge is 2.55. The van der Waals surface area contributed by atoms with Crippen molar-refractivity contribution in [2.24, 2.45) is 0 Å². The fourth-order valence-electron chi connectivity index (χ4n) is 5.54. The Morgan fingerprint density at radius 1 is 1.34 bits per heavy atom. The molecule has 3 aromatic heterocycles. The summed E-state index contributed by atoms with van der Waals surface area (Å²) in [5.74, 6) is -0.0862. The van der Waals surface area contributed by atoms with Gasteiger partial charge in [-0.2, -0.15) is 0 Å². The molecule has 6 rings (SSSR count). The smallest absolute Gasteiger partial charge is 0.274 e. The quantitative estimate of drug-likeness (QED) is 0.576. The highest BCUT2D eigenvalue weighted by Crippen LogP contribution is 2.53. The third kappa shape index (κ3) is 3.73. The largest absolute Gasteiger partial charge is 0.490 e. The van der Waals surface area contributed by atoms with Crippen LogP contribution in [0.25, 0.3) is 5.65 Å². The van der Waals surface area contributed by atoms with Crippen LogP contribution in [0.15, 0.2) is 41.6 Å². The Kier molecular flexibility index (Phi) is 4.87. The second kappa shape index (κ2) is 7.65. The van der Waals surface area contributed by atoms with Crippen LogP contribution in [0.1, 0.15) is 68.5 Å². The van der Waals surface area contributed by atoms with E-state index in [4.69, 9.17) is 14.5 Å². The summed E-state index contributed by atoms with van der Waals surface area (Å²) in [6.07, 6.45) is 7.31. The van der Waals surface area contributed by atoms with Crippen molar-refractivity contribution < 1.29 is 18.7 Å². The Morgan fingerprint density at radius 3 is 2.77 bits per heavy atom. The van der Waals surface area contributed by atoms with Gasteiger partial charge >= 0.3 is 0 Å². The Hall–Kier alpha value is -3.20. The number of nitrogens with zero attached hydrogens (tertiary/aromatic N) is 3. The number of rotatable bonds is 6. The van der Waals surface area contributed by atoms with Gasteiger partial charge in [0.05, 0.1) is 35.6 Å². The van der Waals surface area contributed by atoms with Crippen molar-refractivity contribution in [1.29, 1.82) is 0 Å². The Morgan fingerprint density at radius 2 is 2.14 bits per heavy atom. The van der Waals surface area contributed by atoms with Crippen molar-refractivity contribution in [1.82, 2.24) is 14.0 Å². The predicted octanol–water partition coefficient (Wildman–Crippen LogP) is 4.03. The molecule has 0 aromatic carbocycles. The molecule has 4 atom stereocenters. The lowest BCUT2D eigenvalue weighted by Crippen LogP contribution is -2.26. The molecule has 1 saturated heterocycles. The zero-order valence-electron chi connectivity index (χ0n) is 20.1. The number of imidazole rings is 1. The summed E-state index contributed by atoms with van der Waals surface area (Å²) >= 11 is 0. The molecule has 2 aliphatic carbocycles. The predicted molar refractivity (Wildman–Crippen MR) is 128 cm³/mol. The monoisotopic (exact) mass is 480 g/mol. The Labute approximate surface area is 202 Å². The van der Waals surface area contributed by atoms with Crippen molar-refractivity contribution in [3.05, 3.63) is 58.4 Å². The number of amides is 1. The van der Waals surface area contributed by atoms with Crippen molar-refractivity contribution >= 4 is 17.2 Å². The van der Waals surface area contributed by atoms with E-state index in [1.165, 1.54) is 10.6 Å². The fourth-order valence-corrected chi connectivity index (χ4v) is 5.54. The lowest BCUT2D eigenvalue weighted by atomic mass is 9.84. The lowest BCUT2D eigenvalue weighted by Gasteiger charge is -2.24. The van der Waals surface area contributed by atoms with Crippen LogP contribution in [0.5, 0.6) is 5.75 Å². The molecule has 3 aromatic rings. The van der Waals surface area contributed by atoms with Crippen molar-refractivity contribution in [3.63, 3.8) is 0 Å². The second-order valence-electron chi connectivity index (χ2n) is 10.7. The van der Waals surface area contributed by atoms with E-state index in [1.54, 1.807) is 24.5 Å². The minimum Gasteiger partial charge on any atom is -0.490 e. The van der Waals surface area contributed by atoms with Gasteiger partial charge in [0.25, 0.3) is 11.5 Å². The van der Waals surface area contributed by atoms with E-state index in [9.17, 15) is 14.0 Å². The fraction of sp³-hybridized carbons (Fsp3) is 0.500. The van der Waals surface area contributed by atoms with E-state index in [0.29, 0.717) is 24.4 Å². The van der Waals surface area contributed by atoms with Crippen LogP contribution in [0.4, 0.5) is 10.1 Å². The van der Waals surface area contributed by atoms with Gasteiger partial charge in [-0.15, -0.1) is 0 Å². The minimum atomic E-state index is -1.02. The van der Waals surface area contributed by atoms with E-state index < -0.39 is 23.7 Å². The Bertz CT molecular complexity index is 1390. The van der Waals surface area contributed by atoms with Crippen LogP contribution >= 0.6 is 0 Å². The van der Waals surface area contributed by atoms with Gasteiger partial charge in [-0.25, -0.2) is 9.37 Å². The Balaban J connectivity index is 1.35. The molecule has 0 unspecified atom stereocenters. The second-order valence-corrected chi connectivity index (χ2v) is 10.7. The lowest BCUT2D eigenvalue weighted by molar-refractivity contribution is -0.00627. The molecule has 1 amide bonds. The SMILES string of the molecule is CC(C)Oc1cc2nc([C@@]34CC[C@@](C)(C3)OC4)cn2cc1C(=O)Nc1cccn([C@H]2C[C@@H]2F)c1=O. The third-order valence-corrected chi connectivity index (χ3v) is 7.51. The van der Waals surface area contributed by atoms with E-state index >= 15 is 0 Å². The number of fused-ring (bicyclic) bond motifs is 3. The summed E-state index contributed by atoms with van der Waals surface area (Å²) in [7, 11) is 0. The summed E-state index contributed by atoms with van der Waals surface area (Å²) in [6.45, 7) is 6.58. The molecule has 3 aliphatic rings. The molecule has 2 bridgehead atoms. The van der Waals surface area contributed by atoms with Crippen molar-refractivity contribution in [3.8, 4) is 5.75 Å². The zero-order valence-corrected chi connectivity index (χ0v) is 20.1. The maximum Gasteiger partial charge on any atom is 0.274 e. The number of alkyl halides is 1. The normalized spacial score (nSPS) is 29.2. The highest BCUT2D eigenvalue weighted by atomic mass is 19.1. The summed E-state index contributed by atoms with van der Waals surface area (Å²) in [6, 6.07) is 4.47. The van der Waals surface area contributed by atoms with E-state index in [1.807, 2.05) is 24.4 Å². The summed E-state index contributed by atoms with van der Waals surface area (Å²) in [5.41, 5.74) is 1.43. The van der Waals surface area contributed by atoms with E-state index in [-0.39, 0.29) is 28.4 Å². The molecule has 0 radical (unpaired) electrons. The molecular weight excluding hydrogens is 451 g/mol. The standard InChI is InChI=1S/C26H29FN4O4/c1-15(2)35-20-10-22-29-21(26-7-6-25(3,13-26)34-14-26)12-30(22)11-16(20)23(32)28-18-5-4-8-31(24(18)33)19-9-17(19)27/h4-5,8,10-12,15,17,19H,6-7,9,13-14H2,1-3H3,(H,28,32)/t17-,19-,25-,26-/m0/s1. The first-order valence-electron chi connectivity index (χ1n) is 12.2. The molecule has 2 saturated carbocycles. The van der Waals surface area contributed by atoms with E-state index in [0.717, 1.165) is 25.0 Å². The van der Waals surface area contributed by atoms with E-state index in [2.05, 4.69) is 12.2 Å². The topological polar surface area (TPSA) is 86.9 Å². The van der Waals surface area contributed by atoms with Gasteiger partial charge in [-0.3, -0.25) is 9.59 Å². The average Bonchev–Trinajstić information content (AvgIpc) is 3.12. The number of aromatic nitrogens is 3. The maximum atomic E-state index is 13.5. The minimum absolute atomic E-state index is 0.0853. The number of carbonyl (C=O) groups excluding carboxylic acids is 1. The number of hydrogen-bond acceptors (Lipinski definition) is 5. The van der Waals surface area contributed by atoms with Gasteiger partial charge in [-0.05, 0) is 52.2 Å². The summed E-state index contributed by atoms with van der Waals surface area (Å²) < 4.78 is 28.7. The van der Waals surface area contributed by atoms with Crippen LogP contribution in [-0.4, -0.2) is 44.3 Å². The van der Waals surface area contributed by atoms with Crippen LogP contribution in [0.3, 0.4) is 0 Å². The zero-order chi connectivity index (χ0) is 24.5. The summed E-state index contributed by atoms with van der Waals surface area (Å²) in [4.78, 5) is 31.0. The molecule has 9 heteroatoms. The number of ether oxygens (including phenoxy) is 2. The third-order valence-electron chi connectivity index (χ3n) is 7.51. The molecule has 1 N–H and O–H groups in total. The van der Waals surface area contributed by atoms with Gasteiger partial charge < -0.3 is 23.8 Å². The summed E-state index contributed by atoms with van der Waals surface area (Å²) in [5, 5.41) is 2.71. The number of anilines is 1. The van der Waals surface area contributed by atoms with Crippen molar-refractivity contribution in [2.45, 2.75) is 75.8 Å². The number of hydrogen-bond donors (Lipinski definition) is 1. The molecule has 4 heterocycles. The number of pyridine rings is 2. The first-order chi connectivity index (χ1) is 16.7. The van der Waals surface area contributed by atoms with Crippen LogP contribution in [0.2, 0.25) is 0 Å². The molecule has 35 heavy (non-hydrogen) atoms. The number of nitrogens with one attached hydrogen (secondary N) is 1. The maximum absolute atomic E-state index is 13.5. The van der Waals surface area contributed by atoms with Gasteiger partial charge in [0, 0.05) is 36.5 Å². The van der Waals surface area contributed by atoms with Gasteiger partial charge in [0.15, 0.2) is 0 Å². The number of carbonyl (C=O) groups is 1. The number of halogens is 1. The first-order valence-corrected chi connectivity index (χ1v) is 12.2. The van der Waals surface area contributed by atoms with Crippen LogP contribution in [0, 0.1) is 0 Å². The average molecular weight is 481 g/mol. The molecule has 3 fully saturated rings. The van der Waals surface area contributed by atoms with Gasteiger partial charge in [0.1, 0.15) is 23.3 Å². The molecule has 0 spiro atoms. The van der Waals surface area contributed by atoms with Crippen LogP contribution in [-0.2, 0) is 10.2 Å². The highest BCUT2D eigenvalue weighted by molar-refractivity contribution is 6.06. The van der Waals surface area contributed by atoms with Crippen LogP contribution < -0.4 is 15.6 Å². The van der Waals surface area contributed by atoms with Gasteiger partial charge in [0.2, 0.25) is 0 Å².